The molecule has 0 aliphatic rings. The van der Waals surface area contributed by atoms with Crippen molar-refractivity contribution >= 4 is 10.9 Å². The molecule has 0 spiro atoms. The van der Waals surface area contributed by atoms with Gasteiger partial charge in [0.2, 0.25) is 0 Å². The van der Waals surface area contributed by atoms with E-state index in [-0.39, 0.29) is 11.6 Å². The zero-order valence-corrected chi connectivity index (χ0v) is 12.2. The molecule has 0 radical (unpaired) electrons. The zero-order valence-electron chi connectivity index (χ0n) is 12.2. The van der Waals surface area contributed by atoms with Gasteiger partial charge in [-0.2, -0.15) is 0 Å². The summed E-state index contributed by atoms with van der Waals surface area (Å²) < 4.78 is 1.71. The highest BCUT2D eigenvalue weighted by Gasteiger charge is 2.12. The standard InChI is InChI=1S/C17H17N3O/c1-12-5-3-7-15-16(12)17(21)20(11-19-15)13(2)9-14-6-4-8-18-10-14/h3-8,10-11,13H,9H2,1-2H3/t13-/m0/s1. The lowest BCUT2D eigenvalue weighted by atomic mass is 10.1. The molecule has 3 aromatic rings. The molecule has 0 unspecified atom stereocenters. The molecular weight excluding hydrogens is 262 g/mol. The Bertz CT molecular complexity index is 824. The average Bonchev–Trinajstić information content (AvgIpc) is 2.48. The van der Waals surface area contributed by atoms with Crippen molar-refractivity contribution in [3.63, 3.8) is 0 Å². The second-order valence-electron chi connectivity index (χ2n) is 5.34. The van der Waals surface area contributed by atoms with E-state index in [4.69, 9.17) is 0 Å². The van der Waals surface area contributed by atoms with Gasteiger partial charge in [-0.25, -0.2) is 4.98 Å². The minimum Gasteiger partial charge on any atom is -0.296 e. The van der Waals surface area contributed by atoms with E-state index < -0.39 is 0 Å². The van der Waals surface area contributed by atoms with Crippen molar-refractivity contribution in [3.05, 3.63) is 70.5 Å². The maximum absolute atomic E-state index is 12.7. The first-order valence-corrected chi connectivity index (χ1v) is 7.02. The Morgan fingerprint density at radius 3 is 2.86 bits per heavy atom. The molecule has 0 amide bonds. The smallest absolute Gasteiger partial charge is 0.261 e. The zero-order chi connectivity index (χ0) is 14.8. The highest BCUT2D eigenvalue weighted by molar-refractivity contribution is 5.80. The summed E-state index contributed by atoms with van der Waals surface area (Å²) >= 11 is 0. The number of aromatic nitrogens is 3. The fourth-order valence-corrected chi connectivity index (χ4v) is 2.62. The van der Waals surface area contributed by atoms with E-state index in [1.165, 1.54) is 0 Å². The molecule has 0 saturated heterocycles. The van der Waals surface area contributed by atoms with E-state index in [1.807, 2.05) is 50.4 Å². The Hall–Kier alpha value is -2.49. The van der Waals surface area contributed by atoms with Crippen LogP contribution in [0.1, 0.15) is 24.1 Å². The summed E-state index contributed by atoms with van der Waals surface area (Å²) in [6, 6.07) is 9.72. The van der Waals surface area contributed by atoms with E-state index in [2.05, 4.69) is 9.97 Å². The van der Waals surface area contributed by atoms with Crippen LogP contribution in [0.2, 0.25) is 0 Å². The molecule has 3 rings (SSSR count). The monoisotopic (exact) mass is 279 g/mol. The fourth-order valence-electron chi connectivity index (χ4n) is 2.62. The van der Waals surface area contributed by atoms with Crippen LogP contribution in [0, 0.1) is 6.92 Å². The number of rotatable bonds is 3. The predicted molar refractivity (Wildman–Crippen MR) is 83.4 cm³/mol. The molecule has 106 valence electrons. The van der Waals surface area contributed by atoms with Crippen molar-refractivity contribution in [1.82, 2.24) is 14.5 Å². The quantitative estimate of drug-likeness (QED) is 0.740. The molecule has 0 aliphatic heterocycles. The number of nitrogens with zero attached hydrogens (tertiary/aromatic N) is 3. The SMILES string of the molecule is Cc1cccc2ncn([C@@H](C)Cc3cccnc3)c(=O)c12. The molecule has 2 heterocycles. The van der Waals surface area contributed by atoms with Crippen LogP contribution >= 0.6 is 0 Å². The Morgan fingerprint density at radius 2 is 2.10 bits per heavy atom. The maximum atomic E-state index is 12.7. The van der Waals surface area contributed by atoms with E-state index in [9.17, 15) is 4.79 Å². The third-order valence-corrected chi connectivity index (χ3v) is 3.75. The number of benzene rings is 1. The van der Waals surface area contributed by atoms with Crippen LogP contribution in [-0.2, 0) is 6.42 Å². The van der Waals surface area contributed by atoms with Crippen molar-refractivity contribution in [1.29, 1.82) is 0 Å². The Kier molecular flexibility index (Phi) is 3.52. The molecule has 0 N–H and O–H groups in total. The van der Waals surface area contributed by atoms with E-state index in [1.54, 1.807) is 17.1 Å². The fraction of sp³-hybridized carbons (Fsp3) is 0.235. The van der Waals surface area contributed by atoms with Gasteiger partial charge in [0.15, 0.2) is 0 Å². The molecule has 0 bridgehead atoms. The Morgan fingerprint density at radius 1 is 1.24 bits per heavy atom. The molecule has 0 fully saturated rings. The topological polar surface area (TPSA) is 47.8 Å². The van der Waals surface area contributed by atoms with E-state index >= 15 is 0 Å². The summed E-state index contributed by atoms with van der Waals surface area (Å²) in [5, 5.41) is 0.707. The van der Waals surface area contributed by atoms with Crippen molar-refractivity contribution < 1.29 is 0 Å². The minimum absolute atomic E-state index is 0.0227. The van der Waals surface area contributed by atoms with Crippen LogP contribution in [0.3, 0.4) is 0 Å². The van der Waals surface area contributed by atoms with Gasteiger partial charge in [0, 0.05) is 18.4 Å². The molecule has 4 heteroatoms. The van der Waals surface area contributed by atoms with Gasteiger partial charge in [-0.05, 0) is 43.5 Å². The third kappa shape index (κ3) is 2.57. The van der Waals surface area contributed by atoms with Crippen molar-refractivity contribution in [3.8, 4) is 0 Å². The second-order valence-corrected chi connectivity index (χ2v) is 5.34. The number of pyridine rings is 1. The molecule has 0 aliphatic carbocycles. The summed E-state index contributed by atoms with van der Waals surface area (Å²) in [5.41, 5.74) is 2.86. The van der Waals surface area contributed by atoms with Crippen LogP contribution in [0.15, 0.2) is 53.8 Å². The molecule has 1 atom stereocenters. The van der Waals surface area contributed by atoms with Gasteiger partial charge in [0.1, 0.15) is 0 Å². The van der Waals surface area contributed by atoms with Gasteiger partial charge >= 0.3 is 0 Å². The van der Waals surface area contributed by atoms with E-state index in [0.29, 0.717) is 5.39 Å². The largest absolute Gasteiger partial charge is 0.296 e. The molecule has 2 aromatic heterocycles. The van der Waals surface area contributed by atoms with Gasteiger partial charge in [0.05, 0.1) is 17.2 Å². The van der Waals surface area contributed by atoms with Crippen molar-refractivity contribution in [2.24, 2.45) is 0 Å². The summed E-state index contributed by atoms with van der Waals surface area (Å²) in [6.45, 7) is 3.97. The predicted octanol–water partition coefficient (Wildman–Crippen LogP) is 2.90. The second kappa shape index (κ2) is 5.48. The van der Waals surface area contributed by atoms with Gasteiger partial charge in [-0.1, -0.05) is 18.2 Å². The first-order chi connectivity index (χ1) is 10.2. The lowest BCUT2D eigenvalue weighted by molar-refractivity contribution is 0.522. The molecule has 21 heavy (non-hydrogen) atoms. The third-order valence-electron chi connectivity index (χ3n) is 3.75. The van der Waals surface area contributed by atoms with Crippen LogP contribution in [-0.4, -0.2) is 14.5 Å². The van der Waals surface area contributed by atoms with Crippen molar-refractivity contribution in [2.45, 2.75) is 26.3 Å². The molecular formula is C17H17N3O. The first-order valence-electron chi connectivity index (χ1n) is 7.02. The number of hydrogen-bond acceptors (Lipinski definition) is 3. The maximum Gasteiger partial charge on any atom is 0.261 e. The first kappa shape index (κ1) is 13.5. The summed E-state index contributed by atoms with van der Waals surface area (Å²) in [7, 11) is 0. The van der Waals surface area contributed by atoms with Crippen LogP contribution in [0.5, 0.6) is 0 Å². The lowest BCUT2D eigenvalue weighted by Crippen LogP contribution is -2.25. The molecule has 0 saturated carbocycles. The Labute approximate surface area is 123 Å². The lowest BCUT2D eigenvalue weighted by Gasteiger charge is -2.15. The van der Waals surface area contributed by atoms with Gasteiger partial charge in [0.25, 0.3) is 5.56 Å². The minimum atomic E-state index is 0.0227. The van der Waals surface area contributed by atoms with Crippen LogP contribution < -0.4 is 5.56 Å². The average molecular weight is 279 g/mol. The van der Waals surface area contributed by atoms with E-state index in [0.717, 1.165) is 23.1 Å². The van der Waals surface area contributed by atoms with Gasteiger partial charge < -0.3 is 0 Å². The highest BCUT2D eigenvalue weighted by atomic mass is 16.1. The van der Waals surface area contributed by atoms with Crippen molar-refractivity contribution in [2.75, 3.05) is 0 Å². The highest BCUT2D eigenvalue weighted by Crippen LogP contribution is 2.15. The van der Waals surface area contributed by atoms with Crippen LogP contribution in [0.4, 0.5) is 0 Å². The van der Waals surface area contributed by atoms with Gasteiger partial charge in [-0.3, -0.25) is 14.3 Å². The molecule has 1 aromatic carbocycles. The van der Waals surface area contributed by atoms with Gasteiger partial charge in [-0.15, -0.1) is 0 Å². The number of hydrogen-bond donors (Lipinski definition) is 0. The summed E-state index contributed by atoms with van der Waals surface area (Å²) in [6.07, 6.45) is 5.99. The normalized spacial score (nSPS) is 12.5. The number of fused-ring (bicyclic) bond motifs is 1. The number of aryl methyl sites for hydroxylation is 1. The van der Waals surface area contributed by atoms with Crippen LogP contribution in [0.25, 0.3) is 10.9 Å². The molecule has 4 nitrogen and oxygen atoms in total. The Balaban J connectivity index is 2.03. The summed E-state index contributed by atoms with van der Waals surface area (Å²) in [4.78, 5) is 21.2. The summed E-state index contributed by atoms with van der Waals surface area (Å²) in [5.74, 6) is 0.